The summed E-state index contributed by atoms with van der Waals surface area (Å²) in [4.78, 5) is 15.5. The topological polar surface area (TPSA) is 91.2 Å². The Kier molecular flexibility index (Phi) is 3.22. The Hall–Kier alpha value is -2.44. The van der Waals surface area contributed by atoms with E-state index in [0.717, 1.165) is 12.1 Å². The van der Waals surface area contributed by atoms with Gasteiger partial charge in [-0.2, -0.15) is 4.98 Å². The molecule has 2 N–H and O–H groups in total. The normalized spacial score (nSPS) is 10.3. The summed E-state index contributed by atoms with van der Waals surface area (Å²) in [6.07, 6.45) is 0. The van der Waals surface area contributed by atoms with Gasteiger partial charge < -0.3 is 15.0 Å². The highest BCUT2D eigenvalue weighted by atomic mass is 19.1. The van der Waals surface area contributed by atoms with Crippen LogP contribution in [0, 0.1) is 12.7 Å². The first kappa shape index (κ1) is 12.0. The lowest BCUT2D eigenvalue weighted by atomic mass is 10.2. The molecule has 6 nitrogen and oxygen atoms in total. The van der Waals surface area contributed by atoms with Crippen LogP contribution in [0.3, 0.4) is 0 Å². The molecule has 94 valence electrons. The van der Waals surface area contributed by atoms with Crippen molar-refractivity contribution < 1.29 is 18.4 Å². The van der Waals surface area contributed by atoms with Crippen molar-refractivity contribution in [3.63, 3.8) is 0 Å². The number of benzene rings is 1. The Labute approximate surface area is 102 Å². The summed E-state index contributed by atoms with van der Waals surface area (Å²) >= 11 is 0. The van der Waals surface area contributed by atoms with Gasteiger partial charge in [-0.1, -0.05) is 5.16 Å². The number of nitrogens with two attached hydrogens (primary N) is 1. The maximum atomic E-state index is 12.8. The smallest absolute Gasteiger partial charge is 0.340 e. The molecule has 1 aromatic carbocycles. The molecule has 2 rings (SSSR count). The highest BCUT2D eigenvalue weighted by Gasteiger charge is 2.13. The third-order valence-electron chi connectivity index (χ3n) is 2.13. The number of hydrogen-bond acceptors (Lipinski definition) is 6. The highest BCUT2D eigenvalue weighted by Crippen LogP contribution is 2.15. The zero-order chi connectivity index (χ0) is 13.1. The van der Waals surface area contributed by atoms with Gasteiger partial charge in [0.15, 0.2) is 12.4 Å². The SMILES string of the molecule is Cc1noc(COC(=O)c2ccc(F)cc2N)n1. The number of hydrogen-bond donors (Lipinski definition) is 1. The van der Waals surface area contributed by atoms with E-state index >= 15 is 0 Å². The largest absolute Gasteiger partial charge is 0.452 e. The molecule has 0 bridgehead atoms. The summed E-state index contributed by atoms with van der Waals surface area (Å²) in [7, 11) is 0. The molecule has 2 aromatic rings. The molecule has 0 fully saturated rings. The number of anilines is 1. The van der Waals surface area contributed by atoms with Crippen LogP contribution in [0.25, 0.3) is 0 Å². The summed E-state index contributed by atoms with van der Waals surface area (Å²) in [6, 6.07) is 3.43. The average molecular weight is 251 g/mol. The predicted molar refractivity (Wildman–Crippen MR) is 59.0 cm³/mol. The average Bonchev–Trinajstić information content (AvgIpc) is 2.72. The fraction of sp³-hybridized carbons (Fsp3) is 0.182. The Morgan fingerprint density at radius 3 is 2.94 bits per heavy atom. The van der Waals surface area contributed by atoms with Gasteiger partial charge in [0.25, 0.3) is 5.89 Å². The number of esters is 1. The number of nitrogens with zero attached hydrogens (tertiary/aromatic N) is 2. The van der Waals surface area contributed by atoms with Crippen LogP contribution < -0.4 is 5.73 Å². The molecule has 1 heterocycles. The predicted octanol–water partition coefficient (Wildman–Crippen LogP) is 1.46. The van der Waals surface area contributed by atoms with Gasteiger partial charge in [-0.3, -0.25) is 0 Å². The molecular weight excluding hydrogens is 241 g/mol. The van der Waals surface area contributed by atoms with E-state index in [0.29, 0.717) is 5.82 Å². The second-order valence-corrected chi connectivity index (χ2v) is 3.54. The van der Waals surface area contributed by atoms with Crippen molar-refractivity contribution in [1.82, 2.24) is 10.1 Å². The standard InChI is InChI=1S/C11H10FN3O3/c1-6-14-10(18-15-6)5-17-11(16)8-3-2-7(12)4-9(8)13/h2-4H,5,13H2,1H3. The molecule has 0 atom stereocenters. The Bertz CT molecular complexity index is 583. The van der Waals surface area contributed by atoms with Crippen molar-refractivity contribution in [3.05, 3.63) is 41.3 Å². The number of carbonyl (C=O) groups is 1. The number of halogens is 1. The van der Waals surface area contributed by atoms with Gasteiger partial charge >= 0.3 is 5.97 Å². The minimum atomic E-state index is -0.677. The number of rotatable bonds is 3. The van der Waals surface area contributed by atoms with Crippen molar-refractivity contribution in [1.29, 1.82) is 0 Å². The van der Waals surface area contributed by atoms with E-state index < -0.39 is 11.8 Å². The molecule has 7 heteroatoms. The Morgan fingerprint density at radius 1 is 1.56 bits per heavy atom. The van der Waals surface area contributed by atoms with E-state index in [4.69, 9.17) is 15.0 Å². The third-order valence-corrected chi connectivity index (χ3v) is 2.13. The minimum absolute atomic E-state index is 0.0155. The molecule has 0 aliphatic carbocycles. The van der Waals surface area contributed by atoms with Crippen LogP contribution in [0.2, 0.25) is 0 Å². The molecule has 0 amide bonds. The van der Waals surface area contributed by atoms with E-state index in [-0.39, 0.29) is 23.7 Å². The van der Waals surface area contributed by atoms with Crippen molar-refractivity contribution in [3.8, 4) is 0 Å². The van der Waals surface area contributed by atoms with E-state index in [1.54, 1.807) is 6.92 Å². The van der Waals surface area contributed by atoms with E-state index in [9.17, 15) is 9.18 Å². The monoisotopic (exact) mass is 251 g/mol. The minimum Gasteiger partial charge on any atom is -0.452 e. The fourth-order valence-electron chi connectivity index (χ4n) is 1.32. The zero-order valence-electron chi connectivity index (χ0n) is 9.51. The van der Waals surface area contributed by atoms with Gasteiger partial charge in [-0.25, -0.2) is 9.18 Å². The molecule has 0 unspecified atom stereocenters. The molecule has 0 saturated heterocycles. The van der Waals surface area contributed by atoms with Crippen molar-refractivity contribution in [2.75, 3.05) is 5.73 Å². The summed E-state index contributed by atoms with van der Waals surface area (Å²) in [6.45, 7) is 1.49. The van der Waals surface area contributed by atoms with Crippen molar-refractivity contribution in [2.45, 2.75) is 13.5 Å². The molecule has 0 saturated carbocycles. The van der Waals surface area contributed by atoms with Gasteiger partial charge in [0.2, 0.25) is 0 Å². The molecule has 0 spiro atoms. The van der Waals surface area contributed by atoms with Gasteiger partial charge in [-0.15, -0.1) is 0 Å². The van der Waals surface area contributed by atoms with Crippen LogP contribution in [0.4, 0.5) is 10.1 Å². The number of aryl methyl sites for hydroxylation is 1. The Morgan fingerprint density at radius 2 is 2.33 bits per heavy atom. The number of aromatic nitrogens is 2. The van der Waals surface area contributed by atoms with Gasteiger partial charge in [-0.05, 0) is 25.1 Å². The molecule has 0 aliphatic rings. The number of nitrogen functional groups attached to an aromatic ring is 1. The van der Waals surface area contributed by atoms with Crippen LogP contribution >= 0.6 is 0 Å². The summed E-state index contributed by atoms with van der Waals surface area (Å²) in [5, 5.41) is 3.54. The summed E-state index contributed by atoms with van der Waals surface area (Å²) in [5.74, 6) is -0.566. The Balaban J connectivity index is 2.03. The summed E-state index contributed by atoms with van der Waals surface area (Å²) < 4.78 is 22.5. The third kappa shape index (κ3) is 2.62. The van der Waals surface area contributed by atoms with E-state index in [1.807, 2.05) is 0 Å². The molecule has 18 heavy (non-hydrogen) atoms. The van der Waals surface area contributed by atoms with Gasteiger partial charge in [0, 0.05) is 5.69 Å². The molecule has 1 aromatic heterocycles. The lowest BCUT2D eigenvalue weighted by Gasteiger charge is -2.04. The second kappa shape index (κ2) is 4.82. The quantitative estimate of drug-likeness (QED) is 0.655. The van der Waals surface area contributed by atoms with Crippen LogP contribution in [0.1, 0.15) is 22.1 Å². The summed E-state index contributed by atoms with van der Waals surface area (Å²) in [5.41, 5.74) is 5.61. The molecule has 0 radical (unpaired) electrons. The second-order valence-electron chi connectivity index (χ2n) is 3.54. The first-order chi connectivity index (χ1) is 8.56. The fourth-order valence-corrected chi connectivity index (χ4v) is 1.32. The van der Waals surface area contributed by atoms with Crippen molar-refractivity contribution in [2.24, 2.45) is 0 Å². The first-order valence-corrected chi connectivity index (χ1v) is 5.07. The maximum absolute atomic E-state index is 12.8. The van der Waals surface area contributed by atoms with Crippen LogP contribution in [0.5, 0.6) is 0 Å². The highest BCUT2D eigenvalue weighted by molar-refractivity contribution is 5.94. The first-order valence-electron chi connectivity index (χ1n) is 5.07. The van der Waals surface area contributed by atoms with E-state index in [1.165, 1.54) is 6.07 Å². The van der Waals surface area contributed by atoms with E-state index in [2.05, 4.69) is 10.1 Å². The number of carbonyl (C=O) groups excluding carboxylic acids is 1. The van der Waals surface area contributed by atoms with Crippen LogP contribution in [-0.4, -0.2) is 16.1 Å². The lowest BCUT2D eigenvalue weighted by molar-refractivity contribution is 0.0431. The van der Waals surface area contributed by atoms with Crippen LogP contribution in [-0.2, 0) is 11.3 Å². The van der Waals surface area contributed by atoms with Gasteiger partial charge in [0.1, 0.15) is 5.82 Å². The van der Waals surface area contributed by atoms with Crippen molar-refractivity contribution >= 4 is 11.7 Å². The number of ether oxygens (including phenoxy) is 1. The maximum Gasteiger partial charge on any atom is 0.340 e. The van der Waals surface area contributed by atoms with Gasteiger partial charge in [0.05, 0.1) is 5.56 Å². The molecule has 0 aliphatic heterocycles. The zero-order valence-corrected chi connectivity index (χ0v) is 9.51. The van der Waals surface area contributed by atoms with Crippen LogP contribution in [0.15, 0.2) is 22.7 Å². The lowest BCUT2D eigenvalue weighted by Crippen LogP contribution is -2.08. The molecular formula is C11H10FN3O3.